The molecule has 1 atom stereocenters. The van der Waals surface area contributed by atoms with Gasteiger partial charge in [0.15, 0.2) is 0 Å². The van der Waals surface area contributed by atoms with Crippen molar-refractivity contribution in [2.75, 3.05) is 51.6 Å². The molecule has 0 saturated carbocycles. The van der Waals surface area contributed by atoms with Crippen LogP contribution in [0.3, 0.4) is 0 Å². The summed E-state index contributed by atoms with van der Waals surface area (Å²) in [7, 11) is 0. The van der Waals surface area contributed by atoms with E-state index in [-0.39, 0.29) is 17.7 Å². The summed E-state index contributed by atoms with van der Waals surface area (Å²) in [6, 6.07) is 1.76. The molecule has 2 saturated heterocycles. The van der Waals surface area contributed by atoms with Crippen LogP contribution in [0.5, 0.6) is 0 Å². The highest BCUT2D eigenvalue weighted by Gasteiger charge is 2.23. The first-order valence-electron chi connectivity index (χ1n) is 10.2. The number of ether oxygens (including phenoxy) is 1. The molecule has 28 heavy (non-hydrogen) atoms. The molecule has 0 bridgehead atoms. The second-order valence-corrected chi connectivity index (χ2v) is 8.74. The molecule has 3 aliphatic rings. The van der Waals surface area contributed by atoms with Crippen molar-refractivity contribution in [1.82, 2.24) is 24.9 Å². The fraction of sp³-hybridized carbons (Fsp3) is 0.737. The fourth-order valence-electron chi connectivity index (χ4n) is 3.94. The molecule has 3 aliphatic heterocycles. The summed E-state index contributed by atoms with van der Waals surface area (Å²) in [4.78, 5) is 28.8. The van der Waals surface area contributed by atoms with Crippen molar-refractivity contribution < 1.29 is 9.53 Å². The first-order valence-corrected chi connectivity index (χ1v) is 11.4. The lowest BCUT2D eigenvalue weighted by atomic mass is 10.2. The van der Waals surface area contributed by atoms with Gasteiger partial charge < -0.3 is 15.0 Å². The number of fused-ring (bicyclic) bond motifs is 1. The van der Waals surface area contributed by atoms with E-state index in [2.05, 4.69) is 15.3 Å². The van der Waals surface area contributed by atoms with Gasteiger partial charge in [0, 0.05) is 64.1 Å². The predicted molar refractivity (Wildman–Crippen MR) is 109 cm³/mol. The van der Waals surface area contributed by atoms with E-state index >= 15 is 0 Å². The Kier molecular flexibility index (Phi) is 6.54. The van der Waals surface area contributed by atoms with E-state index in [1.54, 1.807) is 10.7 Å². The summed E-state index contributed by atoms with van der Waals surface area (Å²) in [6.07, 6.45) is 3.23. The Hall–Kier alpha value is -1.58. The van der Waals surface area contributed by atoms with E-state index in [0.29, 0.717) is 26.2 Å². The third-order valence-electron chi connectivity index (χ3n) is 5.70. The molecule has 4 rings (SSSR count). The normalized spacial score (nSPS) is 22.9. The molecule has 8 nitrogen and oxygen atoms in total. The number of hydrogen-bond acceptors (Lipinski definition) is 6. The van der Waals surface area contributed by atoms with Crippen LogP contribution in [0, 0.1) is 0 Å². The minimum absolute atomic E-state index is 0.000549. The molecule has 0 spiro atoms. The van der Waals surface area contributed by atoms with Crippen LogP contribution in [0.25, 0.3) is 0 Å². The number of nitrogens with one attached hydrogen (secondary N) is 1. The molecule has 1 unspecified atom stereocenters. The Morgan fingerprint density at radius 3 is 2.93 bits per heavy atom. The predicted octanol–water partition coefficient (Wildman–Crippen LogP) is 0.539. The topological polar surface area (TPSA) is 79.7 Å². The second kappa shape index (κ2) is 9.28. The molecule has 4 heterocycles. The van der Waals surface area contributed by atoms with Gasteiger partial charge in [0.25, 0.3) is 5.56 Å². The summed E-state index contributed by atoms with van der Waals surface area (Å²) < 4.78 is 7.16. The molecular formula is C19H29N5O3S. The van der Waals surface area contributed by atoms with Gasteiger partial charge in [0.05, 0.1) is 18.3 Å². The smallest absolute Gasteiger partial charge is 0.317 e. The Bertz CT molecular complexity index is 742. The van der Waals surface area contributed by atoms with E-state index in [4.69, 9.17) is 4.74 Å². The Labute approximate surface area is 169 Å². The number of carbonyl (C=O) groups excluding carboxylic acids is 1. The molecule has 0 radical (unpaired) electrons. The average molecular weight is 408 g/mol. The van der Waals surface area contributed by atoms with Crippen molar-refractivity contribution in [1.29, 1.82) is 0 Å². The molecule has 1 aromatic heterocycles. The number of nitrogens with zero attached hydrogens (tertiary/aromatic N) is 4. The van der Waals surface area contributed by atoms with Crippen molar-refractivity contribution in [3.63, 3.8) is 0 Å². The molecule has 2 fully saturated rings. The van der Waals surface area contributed by atoms with Crippen molar-refractivity contribution in [3.8, 4) is 0 Å². The number of aromatic nitrogens is 2. The minimum Gasteiger partial charge on any atom is -0.376 e. The zero-order chi connectivity index (χ0) is 19.3. The lowest BCUT2D eigenvalue weighted by Gasteiger charge is -2.34. The van der Waals surface area contributed by atoms with E-state index in [0.717, 1.165) is 68.3 Å². The van der Waals surface area contributed by atoms with Crippen LogP contribution in [0.4, 0.5) is 4.79 Å². The summed E-state index contributed by atoms with van der Waals surface area (Å²) in [5.74, 6) is 1.98. The van der Waals surface area contributed by atoms with Crippen LogP contribution in [0.15, 0.2) is 10.9 Å². The van der Waals surface area contributed by atoms with Gasteiger partial charge >= 0.3 is 6.03 Å². The first-order chi connectivity index (χ1) is 13.7. The largest absolute Gasteiger partial charge is 0.376 e. The van der Waals surface area contributed by atoms with E-state index in [1.165, 1.54) is 0 Å². The number of hydrogen-bond donors (Lipinski definition) is 1. The lowest BCUT2D eigenvalue weighted by molar-refractivity contribution is 0.104. The Morgan fingerprint density at radius 2 is 2.14 bits per heavy atom. The van der Waals surface area contributed by atoms with Gasteiger partial charge in [-0.3, -0.25) is 9.69 Å². The van der Waals surface area contributed by atoms with Crippen LogP contribution in [-0.2, 0) is 23.5 Å². The molecule has 1 N–H and O–H groups in total. The van der Waals surface area contributed by atoms with Gasteiger partial charge in [0.2, 0.25) is 0 Å². The number of amides is 2. The minimum atomic E-state index is -0.00612. The molecule has 0 aromatic carbocycles. The second-order valence-electron chi connectivity index (χ2n) is 7.63. The maximum Gasteiger partial charge on any atom is 0.317 e. The average Bonchev–Trinajstić information content (AvgIpc) is 3.24. The highest BCUT2D eigenvalue weighted by molar-refractivity contribution is 7.98. The van der Waals surface area contributed by atoms with Crippen LogP contribution >= 0.6 is 11.8 Å². The maximum atomic E-state index is 12.3. The molecule has 0 aliphatic carbocycles. The Morgan fingerprint density at radius 1 is 1.29 bits per heavy atom. The summed E-state index contributed by atoms with van der Waals surface area (Å²) in [5.41, 5.74) is 2.17. The molecular weight excluding hydrogens is 378 g/mol. The quantitative estimate of drug-likeness (QED) is 0.768. The van der Waals surface area contributed by atoms with Gasteiger partial charge in [-0.15, -0.1) is 0 Å². The van der Waals surface area contributed by atoms with Crippen LogP contribution < -0.4 is 10.9 Å². The number of thioether (sulfide) groups is 1. The van der Waals surface area contributed by atoms with E-state index in [9.17, 15) is 9.59 Å². The summed E-state index contributed by atoms with van der Waals surface area (Å²) in [6.45, 7) is 5.86. The SMILES string of the molecule is O=C(NCC1CCCO1)N1CCN(CCn2nc3c(cc2=O)CSCC3)CC1. The van der Waals surface area contributed by atoms with Gasteiger partial charge in [0.1, 0.15) is 0 Å². The number of urea groups is 1. The molecule has 2 amide bonds. The standard InChI is InChI=1S/C19H29N5O3S/c25-18-12-15-14-28-11-3-17(15)21-24(18)9-6-22-4-7-23(8-5-22)19(26)20-13-16-2-1-10-27-16/h12,16H,1-11,13-14H2,(H,20,26). The number of piperazine rings is 1. The number of carbonyl (C=O) groups is 1. The Balaban J connectivity index is 1.21. The van der Waals surface area contributed by atoms with Gasteiger partial charge in [-0.05, 0) is 24.2 Å². The number of rotatable bonds is 5. The van der Waals surface area contributed by atoms with Gasteiger partial charge in [-0.25, -0.2) is 9.48 Å². The zero-order valence-corrected chi connectivity index (χ0v) is 17.1. The third-order valence-corrected chi connectivity index (χ3v) is 6.71. The molecule has 154 valence electrons. The van der Waals surface area contributed by atoms with Crippen LogP contribution in [0.2, 0.25) is 0 Å². The molecule has 9 heteroatoms. The van der Waals surface area contributed by atoms with Crippen LogP contribution in [0.1, 0.15) is 24.1 Å². The number of aryl methyl sites for hydroxylation is 1. The van der Waals surface area contributed by atoms with Crippen LogP contribution in [-0.4, -0.2) is 83.3 Å². The monoisotopic (exact) mass is 407 g/mol. The molecule has 1 aromatic rings. The highest BCUT2D eigenvalue weighted by Crippen LogP contribution is 2.21. The van der Waals surface area contributed by atoms with Crippen molar-refractivity contribution >= 4 is 17.8 Å². The zero-order valence-electron chi connectivity index (χ0n) is 16.3. The van der Waals surface area contributed by atoms with Crippen molar-refractivity contribution in [2.24, 2.45) is 0 Å². The fourth-order valence-corrected chi connectivity index (χ4v) is 4.89. The van der Waals surface area contributed by atoms with Gasteiger partial charge in [-0.2, -0.15) is 16.9 Å². The lowest BCUT2D eigenvalue weighted by Crippen LogP contribution is -2.53. The van der Waals surface area contributed by atoms with E-state index in [1.807, 2.05) is 16.7 Å². The maximum absolute atomic E-state index is 12.3. The highest BCUT2D eigenvalue weighted by atomic mass is 32.2. The van der Waals surface area contributed by atoms with Crippen molar-refractivity contribution in [2.45, 2.75) is 37.7 Å². The van der Waals surface area contributed by atoms with E-state index < -0.39 is 0 Å². The van der Waals surface area contributed by atoms with Gasteiger partial charge in [-0.1, -0.05) is 0 Å². The summed E-state index contributed by atoms with van der Waals surface area (Å²) >= 11 is 1.86. The van der Waals surface area contributed by atoms with Crippen molar-refractivity contribution in [3.05, 3.63) is 27.7 Å². The first kappa shape index (κ1) is 19.7. The summed E-state index contributed by atoms with van der Waals surface area (Å²) in [5, 5.41) is 7.57. The third kappa shape index (κ3) is 4.87.